The molecule has 0 radical (unpaired) electrons. The van der Waals surface area contributed by atoms with Crippen LogP contribution in [-0.2, 0) is 0 Å². The average Bonchev–Trinajstić information content (AvgIpc) is 2.97. The van der Waals surface area contributed by atoms with Crippen molar-refractivity contribution in [3.8, 4) is 0 Å². The lowest BCUT2D eigenvalue weighted by atomic mass is 10.2. The molecule has 8 heteroatoms. The summed E-state index contributed by atoms with van der Waals surface area (Å²) in [6.07, 6.45) is 0. The van der Waals surface area contributed by atoms with E-state index in [4.69, 9.17) is 0 Å². The van der Waals surface area contributed by atoms with Gasteiger partial charge in [-0.3, -0.25) is 10.1 Å². The van der Waals surface area contributed by atoms with Crippen molar-refractivity contribution in [2.45, 2.75) is 13.8 Å². The summed E-state index contributed by atoms with van der Waals surface area (Å²) in [5.41, 5.74) is 2.56. The van der Waals surface area contributed by atoms with E-state index in [0.717, 1.165) is 16.9 Å². The number of rotatable bonds is 4. The Labute approximate surface area is 159 Å². The zero-order valence-corrected chi connectivity index (χ0v) is 15.5. The molecule has 0 spiro atoms. The van der Waals surface area contributed by atoms with Crippen LogP contribution in [0.4, 0.5) is 25.7 Å². The first-order chi connectivity index (χ1) is 12.9. The molecule has 0 saturated carbocycles. The van der Waals surface area contributed by atoms with Crippen molar-refractivity contribution < 1.29 is 14.0 Å². The Kier molecular flexibility index (Phi) is 5.46. The third-order valence-electron chi connectivity index (χ3n) is 3.62. The van der Waals surface area contributed by atoms with Crippen molar-refractivity contribution in [3.05, 3.63) is 70.5 Å². The first-order valence-corrected chi connectivity index (χ1v) is 8.91. The summed E-state index contributed by atoms with van der Waals surface area (Å²) in [6.45, 7) is 3.62. The number of nitrogens with zero attached hydrogens (tertiary/aromatic N) is 1. The van der Waals surface area contributed by atoms with Gasteiger partial charge in [-0.1, -0.05) is 35.1 Å². The van der Waals surface area contributed by atoms with Crippen molar-refractivity contribution in [3.63, 3.8) is 0 Å². The van der Waals surface area contributed by atoms with Gasteiger partial charge in [-0.05, 0) is 44.2 Å². The van der Waals surface area contributed by atoms with E-state index in [0.29, 0.717) is 27.1 Å². The lowest BCUT2D eigenvalue weighted by molar-refractivity contribution is 0.103. The molecular formula is C19H17FN4O2S. The number of thiazole rings is 1. The molecule has 0 unspecified atom stereocenters. The Bertz CT molecular complexity index is 986. The molecule has 2 aromatic carbocycles. The van der Waals surface area contributed by atoms with Crippen LogP contribution in [0, 0.1) is 19.7 Å². The number of halogens is 1. The molecule has 0 bridgehead atoms. The Morgan fingerprint density at radius 1 is 0.963 bits per heavy atom. The fourth-order valence-electron chi connectivity index (χ4n) is 2.31. The highest BCUT2D eigenvalue weighted by Gasteiger charge is 2.17. The topological polar surface area (TPSA) is 83.1 Å². The predicted octanol–water partition coefficient (Wildman–Crippen LogP) is 4.80. The number of nitrogens with one attached hydrogen (secondary N) is 3. The van der Waals surface area contributed by atoms with Gasteiger partial charge in [-0.2, -0.15) is 0 Å². The third-order valence-corrected chi connectivity index (χ3v) is 4.69. The maximum atomic E-state index is 13.2. The van der Waals surface area contributed by atoms with Crippen LogP contribution in [0.15, 0.2) is 48.5 Å². The van der Waals surface area contributed by atoms with Crippen LogP contribution in [0.3, 0.4) is 0 Å². The molecule has 3 rings (SSSR count). The van der Waals surface area contributed by atoms with Crippen LogP contribution in [-0.4, -0.2) is 16.9 Å². The highest BCUT2D eigenvalue weighted by atomic mass is 32.1. The van der Waals surface area contributed by atoms with Crippen molar-refractivity contribution in [2.75, 3.05) is 16.0 Å². The fourth-order valence-corrected chi connectivity index (χ4v) is 3.17. The van der Waals surface area contributed by atoms with E-state index in [1.54, 1.807) is 25.1 Å². The van der Waals surface area contributed by atoms with Gasteiger partial charge in [0, 0.05) is 11.4 Å². The Balaban J connectivity index is 1.65. The Hall–Kier alpha value is -3.26. The minimum absolute atomic E-state index is 0.293. The number of hydrogen-bond donors (Lipinski definition) is 3. The van der Waals surface area contributed by atoms with Gasteiger partial charge in [0.1, 0.15) is 10.7 Å². The minimum Gasteiger partial charge on any atom is -0.321 e. The molecule has 3 aromatic rings. The van der Waals surface area contributed by atoms with E-state index < -0.39 is 17.8 Å². The number of hydrogen-bond acceptors (Lipinski definition) is 4. The molecule has 0 saturated heterocycles. The van der Waals surface area contributed by atoms with E-state index >= 15 is 0 Å². The number of carbonyl (C=O) groups excluding carboxylic acids is 2. The molecule has 3 N–H and O–H groups in total. The van der Waals surface area contributed by atoms with Gasteiger partial charge in [-0.25, -0.2) is 14.2 Å². The molecule has 0 aliphatic heterocycles. The van der Waals surface area contributed by atoms with Crippen LogP contribution in [0.1, 0.15) is 20.9 Å². The lowest BCUT2D eigenvalue weighted by Gasteiger charge is -2.05. The standard InChI is InChI=1S/C19H17FN4O2S/c1-11-6-8-14(9-7-11)23-18(26)24-19-21-12(2)16(27-19)17(25)22-15-5-3-4-13(20)10-15/h3-10H,1-2H3,(H,22,25)(H2,21,23,24,26). The monoisotopic (exact) mass is 384 g/mol. The van der Waals surface area contributed by atoms with Crippen LogP contribution < -0.4 is 16.0 Å². The number of benzene rings is 2. The van der Waals surface area contributed by atoms with Crippen LogP contribution in [0.25, 0.3) is 0 Å². The number of aryl methyl sites for hydroxylation is 2. The summed E-state index contributed by atoms with van der Waals surface area (Å²) >= 11 is 1.04. The summed E-state index contributed by atoms with van der Waals surface area (Å²) in [5, 5.41) is 8.22. The molecule has 27 heavy (non-hydrogen) atoms. The first-order valence-electron chi connectivity index (χ1n) is 8.10. The third kappa shape index (κ3) is 4.89. The summed E-state index contributed by atoms with van der Waals surface area (Å²) < 4.78 is 13.2. The minimum atomic E-state index is -0.454. The second-order valence-electron chi connectivity index (χ2n) is 5.84. The number of urea groups is 1. The quantitative estimate of drug-likeness (QED) is 0.604. The molecule has 0 fully saturated rings. The number of aromatic nitrogens is 1. The van der Waals surface area contributed by atoms with E-state index in [1.807, 2.05) is 19.1 Å². The SMILES string of the molecule is Cc1ccc(NC(=O)Nc2nc(C)c(C(=O)Nc3cccc(F)c3)s2)cc1. The maximum absolute atomic E-state index is 13.2. The zero-order valence-electron chi connectivity index (χ0n) is 14.7. The average molecular weight is 384 g/mol. The highest BCUT2D eigenvalue weighted by Crippen LogP contribution is 2.24. The molecular weight excluding hydrogens is 367 g/mol. The van der Waals surface area contributed by atoms with Crippen LogP contribution >= 0.6 is 11.3 Å². The van der Waals surface area contributed by atoms with Gasteiger partial charge < -0.3 is 10.6 Å². The maximum Gasteiger partial charge on any atom is 0.325 e. The number of anilines is 3. The fraction of sp³-hybridized carbons (Fsp3) is 0.105. The smallest absolute Gasteiger partial charge is 0.321 e. The first kappa shape index (κ1) is 18.5. The molecule has 1 heterocycles. The molecule has 138 valence electrons. The molecule has 0 aliphatic rings. The van der Waals surface area contributed by atoms with Crippen molar-refractivity contribution in [1.29, 1.82) is 0 Å². The normalized spacial score (nSPS) is 10.3. The summed E-state index contributed by atoms with van der Waals surface area (Å²) in [5.74, 6) is -0.855. The van der Waals surface area contributed by atoms with Crippen molar-refractivity contribution >= 4 is 39.8 Å². The van der Waals surface area contributed by atoms with Crippen LogP contribution in [0.5, 0.6) is 0 Å². The summed E-state index contributed by atoms with van der Waals surface area (Å²) in [4.78, 5) is 29.0. The second kappa shape index (κ2) is 7.96. The van der Waals surface area contributed by atoms with Gasteiger partial charge in [-0.15, -0.1) is 0 Å². The summed E-state index contributed by atoms with van der Waals surface area (Å²) in [7, 11) is 0. The van der Waals surface area contributed by atoms with Crippen molar-refractivity contribution in [2.24, 2.45) is 0 Å². The van der Waals surface area contributed by atoms with E-state index in [9.17, 15) is 14.0 Å². The molecule has 0 atom stereocenters. The van der Waals surface area contributed by atoms with Gasteiger partial charge in [0.2, 0.25) is 0 Å². The predicted molar refractivity (Wildman–Crippen MR) is 105 cm³/mol. The van der Waals surface area contributed by atoms with E-state index in [-0.39, 0.29) is 0 Å². The van der Waals surface area contributed by atoms with Crippen LogP contribution in [0.2, 0.25) is 0 Å². The van der Waals surface area contributed by atoms with E-state index in [1.165, 1.54) is 18.2 Å². The second-order valence-corrected chi connectivity index (χ2v) is 6.84. The zero-order chi connectivity index (χ0) is 19.4. The molecule has 3 amide bonds. The molecule has 1 aromatic heterocycles. The Morgan fingerprint density at radius 3 is 2.41 bits per heavy atom. The summed E-state index contributed by atoms with van der Waals surface area (Å²) in [6, 6.07) is 12.5. The highest BCUT2D eigenvalue weighted by molar-refractivity contribution is 7.17. The molecule has 6 nitrogen and oxygen atoms in total. The largest absolute Gasteiger partial charge is 0.325 e. The van der Waals surface area contributed by atoms with Crippen molar-refractivity contribution in [1.82, 2.24) is 4.98 Å². The van der Waals surface area contributed by atoms with E-state index in [2.05, 4.69) is 20.9 Å². The molecule has 0 aliphatic carbocycles. The number of carbonyl (C=O) groups is 2. The van der Waals surface area contributed by atoms with Gasteiger partial charge in [0.15, 0.2) is 5.13 Å². The van der Waals surface area contributed by atoms with Gasteiger partial charge in [0.25, 0.3) is 5.91 Å². The Morgan fingerprint density at radius 2 is 1.70 bits per heavy atom. The number of amides is 3. The van der Waals surface area contributed by atoms with Gasteiger partial charge >= 0.3 is 6.03 Å². The van der Waals surface area contributed by atoms with Gasteiger partial charge in [0.05, 0.1) is 5.69 Å². The lowest BCUT2D eigenvalue weighted by Crippen LogP contribution is -2.19.